The van der Waals surface area contributed by atoms with Crippen molar-refractivity contribution in [2.75, 3.05) is 20.3 Å². The third kappa shape index (κ3) is 6.64. The van der Waals surface area contributed by atoms with Crippen LogP contribution >= 0.6 is 0 Å². The van der Waals surface area contributed by atoms with Crippen LogP contribution in [0.2, 0.25) is 0 Å². The summed E-state index contributed by atoms with van der Waals surface area (Å²) in [6, 6.07) is 10.7. The first-order valence-corrected chi connectivity index (χ1v) is 9.35. The minimum atomic E-state index is -0.341. The zero-order valence-electron chi connectivity index (χ0n) is 16.5. The van der Waals surface area contributed by atoms with Gasteiger partial charge >= 0.3 is 6.03 Å². The highest BCUT2D eigenvalue weighted by atomic mass is 16.5. The standard InChI is InChI=1S/C21H30N2O4/c1-5-18(16-8-10-17(25-4)11-9-16)22-21(24)23-19(14-26-13-15(2)3)20-7-6-12-27-20/h6-12,15,18-19H,5,13-14H2,1-4H3,(H2,22,23,24). The Balaban J connectivity index is 1.97. The van der Waals surface area contributed by atoms with E-state index in [0.717, 1.165) is 17.7 Å². The van der Waals surface area contributed by atoms with Crippen LogP contribution in [0.4, 0.5) is 4.79 Å². The zero-order valence-corrected chi connectivity index (χ0v) is 16.5. The predicted molar refractivity (Wildman–Crippen MR) is 105 cm³/mol. The number of ether oxygens (including phenoxy) is 2. The van der Waals surface area contributed by atoms with E-state index in [1.54, 1.807) is 19.4 Å². The van der Waals surface area contributed by atoms with Gasteiger partial charge in [-0.15, -0.1) is 0 Å². The second kappa shape index (κ2) is 10.6. The summed E-state index contributed by atoms with van der Waals surface area (Å²) in [7, 11) is 1.63. The van der Waals surface area contributed by atoms with Crippen molar-refractivity contribution in [3.05, 3.63) is 54.0 Å². The third-order valence-corrected chi connectivity index (χ3v) is 4.16. The average Bonchev–Trinajstić information content (AvgIpc) is 3.20. The van der Waals surface area contributed by atoms with E-state index in [2.05, 4.69) is 24.5 Å². The summed E-state index contributed by atoms with van der Waals surface area (Å²) in [6.07, 6.45) is 2.37. The number of carbonyl (C=O) groups excluding carboxylic acids is 1. The number of amides is 2. The number of furan rings is 1. The number of rotatable bonds is 10. The van der Waals surface area contributed by atoms with Crippen LogP contribution < -0.4 is 15.4 Å². The molecule has 0 bridgehead atoms. The fourth-order valence-electron chi connectivity index (χ4n) is 2.72. The molecule has 0 aliphatic carbocycles. The van der Waals surface area contributed by atoms with Crippen molar-refractivity contribution in [2.24, 2.45) is 5.92 Å². The van der Waals surface area contributed by atoms with E-state index in [-0.39, 0.29) is 18.1 Å². The van der Waals surface area contributed by atoms with Crippen molar-refractivity contribution in [3.8, 4) is 5.75 Å². The molecule has 1 heterocycles. The van der Waals surface area contributed by atoms with Gasteiger partial charge < -0.3 is 24.5 Å². The van der Waals surface area contributed by atoms with Gasteiger partial charge in [0.15, 0.2) is 0 Å². The SMILES string of the molecule is CCC(NC(=O)NC(COCC(C)C)c1ccco1)c1ccc(OC)cc1. The van der Waals surface area contributed by atoms with E-state index in [4.69, 9.17) is 13.9 Å². The van der Waals surface area contributed by atoms with E-state index >= 15 is 0 Å². The number of hydrogen-bond acceptors (Lipinski definition) is 4. The molecule has 2 N–H and O–H groups in total. The Labute approximate surface area is 161 Å². The Hall–Kier alpha value is -2.47. The van der Waals surface area contributed by atoms with Crippen LogP contribution in [0.3, 0.4) is 0 Å². The van der Waals surface area contributed by atoms with Crippen molar-refractivity contribution in [1.29, 1.82) is 0 Å². The molecule has 0 aliphatic rings. The largest absolute Gasteiger partial charge is 0.497 e. The molecule has 2 atom stereocenters. The lowest BCUT2D eigenvalue weighted by Gasteiger charge is -2.22. The number of urea groups is 1. The molecule has 2 aromatic rings. The van der Waals surface area contributed by atoms with Crippen molar-refractivity contribution >= 4 is 6.03 Å². The Morgan fingerprint density at radius 1 is 1.07 bits per heavy atom. The van der Waals surface area contributed by atoms with Crippen LogP contribution in [0.25, 0.3) is 0 Å². The van der Waals surface area contributed by atoms with Gasteiger partial charge in [0.1, 0.15) is 17.6 Å². The maximum atomic E-state index is 12.6. The first-order valence-electron chi connectivity index (χ1n) is 9.35. The Morgan fingerprint density at radius 2 is 1.78 bits per heavy atom. The summed E-state index contributed by atoms with van der Waals surface area (Å²) >= 11 is 0. The molecule has 1 aromatic carbocycles. The van der Waals surface area contributed by atoms with E-state index in [1.165, 1.54) is 0 Å². The number of hydrogen-bond donors (Lipinski definition) is 2. The molecule has 0 aliphatic heterocycles. The minimum Gasteiger partial charge on any atom is -0.497 e. The smallest absolute Gasteiger partial charge is 0.315 e. The van der Waals surface area contributed by atoms with Gasteiger partial charge in [-0.25, -0.2) is 4.79 Å². The summed E-state index contributed by atoms with van der Waals surface area (Å²) in [6.45, 7) is 7.19. The minimum absolute atomic E-state index is 0.0928. The van der Waals surface area contributed by atoms with Gasteiger partial charge in [-0.1, -0.05) is 32.9 Å². The van der Waals surface area contributed by atoms with E-state index < -0.39 is 0 Å². The molecule has 6 nitrogen and oxygen atoms in total. The lowest BCUT2D eigenvalue weighted by Crippen LogP contribution is -2.41. The Kier molecular flexibility index (Phi) is 8.20. The zero-order chi connectivity index (χ0) is 19.6. The van der Waals surface area contributed by atoms with Crippen LogP contribution in [-0.2, 0) is 4.74 Å². The highest BCUT2D eigenvalue weighted by molar-refractivity contribution is 5.75. The molecule has 148 valence electrons. The van der Waals surface area contributed by atoms with E-state index in [9.17, 15) is 4.79 Å². The molecular weight excluding hydrogens is 344 g/mol. The van der Waals surface area contributed by atoms with Gasteiger partial charge in [-0.05, 0) is 42.2 Å². The third-order valence-electron chi connectivity index (χ3n) is 4.16. The first-order chi connectivity index (χ1) is 13.0. The number of benzene rings is 1. The molecule has 6 heteroatoms. The molecular formula is C21H30N2O4. The highest BCUT2D eigenvalue weighted by Crippen LogP contribution is 2.20. The number of nitrogens with one attached hydrogen (secondary N) is 2. The summed E-state index contributed by atoms with van der Waals surface area (Å²) in [5.74, 6) is 1.89. The normalized spacial score (nSPS) is 13.2. The maximum Gasteiger partial charge on any atom is 0.315 e. The van der Waals surface area contributed by atoms with Crippen LogP contribution in [0.1, 0.15) is 50.6 Å². The van der Waals surface area contributed by atoms with E-state index in [1.807, 2.05) is 37.3 Å². The molecule has 1 aromatic heterocycles. The molecule has 0 saturated heterocycles. The van der Waals surface area contributed by atoms with Crippen molar-refractivity contribution < 1.29 is 18.7 Å². The molecule has 2 amide bonds. The fraction of sp³-hybridized carbons (Fsp3) is 0.476. The number of carbonyl (C=O) groups is 1. The lowest BCUT2D eigenvalue weighted by molar-refractivity contribution is 0.0866. The summed E-state index contributed by atoms with van der Waals surface area (Å²) in [4.78, 5) is 12.6. The van der Waals surface area contributed by atoms with Gasteiger partial charge in [0.05, 0.1) is 26.0 Å². The Bertz CT molecular complexity index is 668. The van der Waals surface area contributed by atoms with Gasteiger partial charge in [0, 0.05) is 6.61 Å². The first kappa shape index (κ1) is 20.8. The molecule has 0 saturated carbocycles. The monoisotopic (exact) mass is 374 g/mol. The quantitative estimate of drug-likeness (QED) is 0.644. The molecule has 2 rings (SSSR count). The average molecular weight is 374 g/mol. The number of methoxy groups -OCH3 is 1. The van der Waals surface area contributed by atoms with Gasteiger partial charge in [0.2, 0.25) is 0 Å². The highest BCUT2D eigenvalue weighted by Gasteiger charge is 2.20. The molecule has 0 spiro atoms. The summed E-state index contributed by atoms with van der Waals surface area (Å²) in [5.41, 5.74) is 1.03. The summed E-state index contributed by atoms with van der Waals surface area (Å²) in [5, 5.41) is 5.98. The van der Waals surface area contributed by atoms with Crippen molar-refractivity contribution in [1.82, 2.24) is 10.6 Å². The van der Waals surface area contributed by atoms with E-state index in [0.29, 0.717) is 24.9 Å². The van der Waals surface area contributed by atoms with Crippen molar-refractivity contribution in [3.63, 3.8) is 0 Å². The van der Waals surface area contributed by atoms with Crippen molar-refractivity contribution in [2.45, 2.75) is 39.3 Å². The second-order valence-corrected chi connectivity index (χ2v) is 6.85. The molecule has 0 radical (unpaired) electrons. The second-order valence-electron chi connectivity index (χ2n) is 6.85. The summed E-state index contributed by atoms with van der Waals surface area (Å²) < 4.78 is 16.4. The van der Waals surface area contributed by atoms with Gasteiger partial charge in [-0.3, -0.25) is 0 Å². The topological polar surface area (TPSA) is 72.7 Å². The Morgan fingerprint density at radius 3 is 2.33 bits per heavy atom. The van der Waals surface area contributed by atoms with Crippen LogP contribution in [0.15, 0.2) is 47.1 Å². The fourth-order valence-corrected chi connectivity index (χ4v) is 2.72. The van der Waals surface area contributed by atoms with Gasteiger partial charge in [0.25, 0.3) is 0 Å². The molecule has 0 fully saturated rings. The van der Waals surface area contributed by atoms with Gasteiger partial charge in [-0.2, -0.15) is 0 Å². The predicted octanol–water partition coefficient (Wildman–Crippen LogP) is 4.45. The van der Waals surface area contributed by atoms with Crippen LogP contribution in [0.5, 0.6) is 5.75 Å². The maximum absolute atomic E-state index is 12.6. The lowest BCUT2D eigenvalue weighted by atomic mass is 10.0. The van der Waals surface area contributed by atoms with Crippen LogP contribution in [0, 0.1) is 5.92 Å². The molecule has 27 heavy (non-hydrogen) atoms. The van der Waals surface area contributed by atoms with Crippen LogP contribution in [-0.4, -0.2) is 26.4 Å². The molecule has 2 unspecified atom stereocenters.